The van der Waals surface area contributed by atoms with Gasteiger partial charge in [-0.25, -0.2) is 4.79 Å². The van der Waals surface area contributed by atoms with Crippen molar-refractivity contribution >= 4 is 27.9 Å². The van der Waals surface area contributed by atoms with Gasteiger partial charge in [-0.3, -0.25) is 4.79 Å². The summed E-state index contributed by atoms with van der Waals surface area (Å²) in [7, 11) is 1.27. The van der Waals surface area contributed by atoms with Crippen molar-refractivity contribution in [3.8, 4) is 0 Å². The molecule has 1 rings (SSSR count). The van der Waals surface area contributed by atoms with Crippen molar-refractivity contribution in [1.82, 2.24) is 0 Å². The molecule has 0 aromatic heterocycles. The molecule has 0 spiro atoms. The molecule has 1 aromatic carbocycles. The summed E-state index contributed by atoms with van der Waals surface area (Å²) >= 11 is 3.17. The average molecular weight is 273 g/mol. The summed E-state index contributed by atoms with van der Waals surface area (Å²) in [6.07, 6.45) is -0.0363. The number of ether oxygens (including phenoxy) is 1. The Kier molecular flexibility index (Phi) is 3.85. The molecule has 0 bridgehead atoms. The molecule has 0 aliphatic carbocycles. The Morgan fingerprint density at radius 3 is 2.67 bits per heavy atom. The van der Waals surface area contributed by atoms with Gasteiger partial charge in [0.05, 0.1) is 19.1 Å². The predicted octanol–water partition coefficient (Wildman–Crippen LogP) is 1.86. The summed E-state index contributed by atoms with van der Waals surface area (Å²) in [5, 5.41) is 8.90. The molecule has 1 N–H and O–H groups in total. The summed E-state index contributed by atoms with van der Waals surface area (Å²) in [4.78, 5) is 21.9. The highest BCUT2D eigenvalue weighted by Crippen LogP contribution is 2.17. The van der Waals surface area contributed by atoms with Gasteiger partial charge in [-0.05, 0) is 17.7 Å². The first-order chi connectivity index (χ1) is 7.04. The number of hydrogen-bond donors (Lipinski definition) is 1. The van der Waals surface area contributed by atoms with Gasteiger partial charge >= 0.3 is 11.9 Å². The van der Waals surface area contributed by atoms with E-state index in [1.807, 2.05) is 0 Å². The van der Waals surface area contributed by atoms with Crippen LogP contribution in [0.1, 0.15) is 15.9 Å². The first-order valence-corrected chi connectivity index (χ1v) is 4.92. The number of carbonyl (C=O) groups excluding carboxylic acids is 1. The zero-order valence-electron chi connectivity index (χ0n) is 7.99. The fourth-order valence-corrected chi connectivity index (χ4v) is 1.49. The molecular formula is C10H9BrO4. The summed E-state index contributed by atoms with van der Waals surface area (Å²) in [6.45, 7) is 0. The Morgan fingerprint density at radius 1 is 1.47 bits per heavy atom. The average Bonchev–Trinajstić information content (AvgIpc) is 2.20. The number of benzene rings is 1. The quantitative estimate of drug-likeness (QED) is 0.854. The van der Waals surface area contributed by atoms with Crippen molar-refractivity contribution in [2.45, 2.75) is 6.42 Å². The van der Waals surface area contributed by atoms with Crippen LogP contribution in [0.3, 0.4) is 0 Å². The van der Waals surface area contributed by atoms with Crippen LogP contribution >= 0.6 is 15.9 Å². The van der Waals surface area contributed by atoms with Gasteiger partial charge in [0.15, 0.2) is 0 Å². The van der Waals surface area contributed by atoms with E-state index in [4.69, 9.17) is 5.11 Å². The van der Waals surface area contributed by atoms with E-state index in [0.29, 0.717) is 10.0 Å². The van der Waals surface area contributed by atoms with E-state index in [2.05, 4.69) is 20.7 Å². The summed E-state index contributed by atoms with van der Waals surface area (Å²) in [5.41, 5.74) is 0.548. The van der Waals surface area contributed by atoms with E-state index in [9.17, 15) is 9.59 Å². The molecule has 4 nitrogen and oxygen atoms in total. The molecule has 0 heterocycles. The van der Waals surface area contributed by atoms with Crippen LogP contribution in [0.5, 0.6) is 0 Å². The van der Waals surface area contributed by atoms with Crippen LogP contribution in [0, 0.1) is 0 Å². The maximum absolute atomic E-state index is 11.0. The van der Waals surface area contributed by atoms with Crippen LogP contribution in [-0.4, -0.2) is 24.2 Å². The van der Waals surface area contributed by atoms with Crippen LogP contribution in [0.15, 0.2) is 22.7 Å². The Bertz CT molecular complexity index is 400. The van der Waals surface area contributed by atoms with Crippen LogP contribution < -0.4 is 0 Å². The third kappa shape index (κ3) is 3.06. The van der Waals surface area contributed by atoms with Crippen molar-refractivity contribution < 1.29 is 19.4 Å². The number of methoxy groups -OCH3 is 1. The lowest BCUT2D eigenvalue weighted by Crippen LogP contribution is -2.09. The Balaban J connectivity index is 3.06. The molecule has 15 heavy (non-hydrogen) atoms. The third-order valence-electron chi connectivity index (χ3n) is 1.86. The monoisotopic (exact) mass is 272 g/mol. The van der Waals surface area contributed by atoms with E-state index >= 15 is 0 Å². The van der Waals surface area contributed by atoms with Crippen LogP contribution in [0.25, 0.3) is 0 Å². The highest BCUT2D eigenvalue weighted by atomic mass is 79.9. The lowest BCUT2D eigenvalue weighted by atomic mass is 10.1. The van der Waals surface area contributed by atoms with E-state index in [-0.39, 0.29) is 12.0 Å². The smallest absolute Gasteiger partial charge is 0.336 e. The predicted molar refractivity (Wildman–Crippen MR) is 56.8 cm³/mol. The van der Waals surface area contributed by atoms with Crippen LogP contribution in [-0.2, 0) is 16.0 Å². The molecule has 0 amide bonds. The zero-order chi connectivity index (χ0) is 11.4. The number of esters is 1. The van der Waals surface area contributed by atoms with Gasteiger partial charge in [-0.2, -0.15) is 0 Å². The van der Waals surface area contributed by atoms with Crippen molar-refractivity contribution in [3.05, 3.63) is 33.8 Å². The standard InChI is InChI=1S/C10H9BrO4/c1-15-9(12)4-6-2-3-7(11)5-8(6)10(13)14/h2-3,5H,4H2,1H3,(H,13,14). The minimum Gasteiger partial charge on any atom is -0.478 e. The number of hydrogen-bond acceptors (Lipinski definition) is 3. The van der Waals surface area contributed by atoms with Gasteiger partial charge in [0.1, 0.15) is 0 Å². The normalized spacial score (nSPS) is 9.73. The Hall–Kier alpha value is -1.36. The van der Waals surface area contributed by atoms with Crippen molar-refractivity contribution in [2.75, 3.05) is 7.11 Å². The Labute approximate surface area is 95.0 Å². The molecule has 0 atom stereocenters. The maximum atomic E-state index is 11.0. The van der Waals surface area contributed by atoms with E-state index in [0.717, 1.165) is 0 Å². The number of carboxylic acids is 1. The topological polar surface area (TPSA) is 63.6 Å². The number of carboxylic acid groups (broad SMARTS) is 1. The largest absolute Gasteiger partial charge is 0.478 e. The third-order valence-corrected chi connectivity index (χ3v) is 2.36. The van der Waals surface area contributed by atoms with Gasteiger partial charge in [0, 0.05) is 4.47 Å². The first kappa shape index (κ1) is 11.7. The van der Waals surface area contributed by atoms with Crippen molar-refractivity contribution in [3.63, 3.8) is 0 Å². The van der Waals surface area contributed by atoms with E-state index in [1.54, 1.807) is 12.1 Å². The SMILES string of the molecule is COC(=O)Cc1ccc(Br)cc1C(=O)O. The fourth-order valence-electron chi connectivity index (χ4n) is 1.13. The number of rotatable bonds is 3. The first-order valence-electron chi connectivity index (χ1n) is 4.13. The molecule has 0 radical (unpaired) electrons. The lowest BCUT2D eigenvalue weighted by Gasteiger charge is -2.05. The molecule has 0 unspecified atom stereocenters. The number of aromatic carboxylic acids is 1. The van der Waals surface area contributed by atoms with Gasteiger partial charge in [-0.15, -0.1) is 0 Å². The second-order valence-electron chi connectivity index (χ2n) is 2.86. The summed E-state index contributed by atoms with van der Waals surface area (Å²) in [5.74, 6) is -1.52. The lowest BCUT2D eigenvalue weighted by molar-refractivity contribution is -0.139. The van der Waals surface area contributed by atoms with Crippen LogP contribution in [0.2, 0.25) is 0 Å². The van der Waals surface area contributed by atoms with E-state index in [1.165, 1.54) is 13.2 Å². The highest BCUT2D eigenvalue weighted by molar-refractivity contribution is 9.10. The molecule has 0 saturated heterocycles. The van der Waals surface area contributed by atoms with Gasteiger partial charge in [0.25, 0.3) is 0 Å². The van der Waals surface area contributed by atoms with E-state index < -0.39 is 11.9 Å². The molecule has 0 saturated carbocycles. The fraction of sp³-hybridized carbons (Fsp3) is 0.200. The number of halogens is 1. The van der Waals surface area contributed by atoms with Gasteiger partial charge in [0.2, 0.25) is 0 Å². The second kappa shape index (κ2) is 4.93. The highest BCUT2D eigenvalue weighted by Gasteiger charge is 2.13. The van der Waals surface area contributed by atoms with Crippen molar-refractivity contribution in [1.29, 1.82) is 0 Å². The van der Waals surface area contributed by atoms with Gasteiger partial charge < -0.3 is 9.84 Å². The molecule has 5 heteroatoms. The second-order valence-corrected chi connectivity index (χ2v) is 3.78. The zero-order valence-corrected chi connectivity index (χ0v) is 9.58. The summed E-state index contributed by atoms with van der Waals surface area (Å²) < 4.78 is 5.14. The minimum atomic E-state index is -1.06. The van der Waals surface area contributed by atoms with Crippen molar-refractivity contribution in [2.24, 2.45) is 0 Å². The Morgan fingerprint density at radius 2 is 2.13 bits per heavy atom. The van der Waals surface area contributed by atoms with Crippen LogP contribution in [0.4, 0.5) is 0 Å². The van der Waals surface area contributed by atoms with Gasteiger partial charge in [-0.1, -0.05) is 22.0 Å². The number of carbonyl (C=O) groups is 2. The molecule has 0 fully saturated rings. The molecule has 0 aliphatic rings. The maximum Gasteiger partial charge on any atom is 0.336 e. The molecule has 0 aliphatic heterocycles. The minimum absolute atomic E-state index is 0.0363. The molecule has 1 aromatic rings. The summed E-state index contributed by atoms with van der Waals surface area (Å²) in [6, 6.07) is 4.73. The molecular weight excluding hydrogens is 264 g/mol. The molecule has 80 valence electrons.